The molecule has 0 aliphatic heterocycles. The average molecular weight is 500 g/mol. The molecule has 0 radical (unpaired) electrons. The van der Waals surface area contributed by atoms with E-state index in [-0.39, 0.29) is 5.92 Å². The molecule has 3 aromatic rings. The van der Waals surface area contributed by atoms with Gasteiger partial charge in [-0.1, -0.05) is 37.6 Å². The lowest BCUT2D eigenvalue weighted by Gasteiger charge is -2.21. The smallest absolute Gasteiger partial charge is 0.119 e. The van der Waals surface area contributed by atoms with Gasteiger partial charge in [0.1, 0.15) is 5.75 Å². The van der Waals surface area contributed by atoms with Crippen LogP contribution in [-0.2, 0) is 11.2 Å². The maximum Gasteiger partial charge on any atom is 0.119 e. The second kappa shape index (κ2) is 14.5. The van der Waals surface area contributed by atoms with Crippen molar-refractivity contribution in [1.82, 2.24) is 10.3 Å². The van der Waals surface area contributed by atoms with Crippen molar-refractivity contribution >= 4 is 22.5 Å². The maximum absolute atomic E-state index is 6.33. The predicted molar refractivity (Wildman–Crippen MR) is 148 cm³/mol. The number of aromatic nitrogens is 1. The summed E-state index contributed by atoms with van der Waals surface area (Å²) in [5.74, 6) is 1.75. The number of ether oxygens (including phenoxy) is 2. The topological polar surface area (TPSA) is 72.3 Å². The molecular formula is C29H42ClN3O2. The van der Waals surface area contributed by atoms with Gasteiger partial charge in [-0.2, -0.15) is 0 Å². The standard InChI is InChI=1S/C29H42ClN3O2/c1-21(2)19-26(29-25(13-14-31)27-20-23(30)9-12-28(27)33-29)22-7-10-24(11-8-22)35-18-5-4-15-32-16-6-17-34-3/h7-12,20-21,26,32-33H,4-6,13-19,31H2,1-3H3. The van der Waals surface area contributed by atoms with Gasteiger partial charge in [0.25, 0.3) is 0 Å². The number of benzene rings is 2. The van der Waals surface area contributed by atoms with E-state index in [1.165, 1.54) is 22.2 Å². The van der Waals surface area contributed by atoms with Crippen LogP contribution in [0.3, 0.4) is 0 Å². The number of fused-ring (bicyclic) bond motifs is 1. The molecule has 0 amide bonds. The molecule has 3 rings (SSSR count). The van der Waals surface area contributed by atoms with Crippen molar-refractivity contribution in [2.24, 2.45) is 11.7 Å². The second-order valence-electron chi connectivity index (χ2n) is 9.65. The van der Waals surface area contributed by atoms with E-state index >= 15 is 0 Å². The van der Waals surface area contributed by atoms with Gasteiger partial charge in [-0.25, -0.2) is 0 Å². The highest BCUT2D eigenvalue weighted by Crippen LogP contribution is 2.37. The number of hydrogen-bond donors (Lipinski definition) is 3. The fourth-order valence-corrected chi connectivity index (χ4v) is 4.82. The molecule has 2 aromatic carbocycles. The molecular weight excluding hydrogens is 458 g/mol. The number of methoxy groups -OCH3 is 1. The van der Waals surface area contributed by atoms with E-state index in [0.29, 0.717) is 12.5 Å². The SMILES string of the molecule is COCCCNCCCCOc1ccc(C(CC(C)C)c2[nH]c3ccc(Cl)cc3c2CCN)cc1. The number of rotatable bonds is 16. The number of H-pyrrole nitrogens is 1. The third-order valence-electron chi connectivity index (χ3n) is 6.35. The Morgan fingerprint density at radius 3 is 2.49 bits per heavy atom. The highest BCUT2D eigenvalue weighted by Gasteiger charge is 2.23. The highest BCUT2D eigenvalue weighted by molar-refractivity contribution is 6.31. The first-order valence-electron chi connectivity index (χ1n) is 13.0. The largest absolute Gasteiger partial charge is 0.494 e. The summed E-state index contributed by atoms with van der Waals surface area (Å²) in [4.78, 5) is 3.71. The van der Waals surface area contributed by atoms with Crippen molar-refractivity contribution in [2.45, 2.75) is 51.9 Å². The van der Waals surface area contributed by atoms with E-state index in [9.17, 15) is 0 Å². The van der Waals surface area contributed by atoms with Crippen LogP contribution in [0.25, 0.3) is 10.9 Å². The van der Waals surface area contributed by atoms with E-state index in [1.807, 2.05) is 6.07 Å². The lowest BCUT2D eigenvalue weighted by molar-refractivity contribution is 0.194. The molecule has 0 bridgehead atoms. The van der Waals surface area contributed by atoms with Gasteiger partial charge in [0.2, 0.25) is 0 Å². The van der Waals surface area contributed by atoms with Gasteiger partial charge < -0.3 is 25.5 Å². The predicted octanol–water partition coefficient (Wildman–Crippen LogP) is 6.29. The van der Waals surface area contributed by atoms with Crippen LogP contribution >= 0.6 is 11.6 Å². The molecule has 0 aliphatic carbocycles. The number of hydrogen-bond acceptors (Lipinski definition) is 4. The van der Waals surface area contributed by atoms with E-state index in [0.717, 1.165) is 74.7 Å². The van der Waals surface area contributed by atoms with Crippen LogP contribution in [-0.4, -0.2) is 44.9 Å². The molecule has 1 unspecified atom stereocenters. The Balaban J connectivity index is 1.66. The molecule has 192 valence electrons. The highest BCUT2D eigenvalue weighted by atomic mass is 35.5. The van der Waals surface area contributed by atoms with Gasteiger partial charge in [0.05, 0.1) is 6.61 Å². The summed E-state index contributed by atoms with van der Waals surface area (Å²) in [7, 11) is 1.74. The van der Waals surface area contributed by atoms with E-state index in [2.05, 4.69) is 60.5 Å². The number of nitrogens with one attached hydrogen (secondary N) is 2. The van der Waals surface area contributed by atoms with Gasteiger partial charge in [0.15, 0.2) is 0 Å². The van der Waals surface area contributed by atoms with Gasteiger partial charge in [-0.3, -0.25) is 0 Å². The first-order valence-corrected chi connectivity index (χ1v) is 13.3. The van der Waals surface area contributed by atoms with Crippen molar-refractivity contribution in [3.63, 3.8) is 0 Å². The molecule has 0 saturated heterocycles. The first-order chi connectivity index (χ1) is 17.0. The molecule has 0 fully saturated rings. The summed E-state index contributed by atoms with van der Waals surface area (Å²) in [6.07, 6.45) is 5.07. The molecule has 1 heterocycles. The number of unbranched alkanes of at least 4 members (excludes halogenated alkanes) is 1. The van der Waals surface area contributed by atoms with Crippen LogP contribution in [0.2, 0.25) is 5.02 Å². The zero-order valence-corrected chi connectivity index (χ0v) is 22.3. The molecule has 0 spiro atoms. The third-order valence-corrected chi connectivity index (χ3v) is 6.59. The van der Waals surface area contributed by atoms with Crippen LogP contribution in [0.15, 0.2) is 42.5 Å². The Labute approximate surface area is 215 Å². The minimum atomic E-state index is 0.265. The quantitative estimate of drug-likeness (QED) is 0.203. The van der Waals surface area contributed by atoms with Crippen molar-refractivity contribution in [2.75, 3.05) is 40.0 Å². The fraction of sp³-hybridized carbons (Fsp3) is 0.517. The first kappa shape index (κ1) is 27.5. The Bertz CT molecular complexity index is 1020. The minimum absolute atomic E-state index is 0.265. The van der Waals surface area contributed by atoms with Gasteiger partial charge in [-0.05, 0) is 99.1 Å². The summed E-state index contributed by atoms with van der Waals surface area (Å²) in [5, 5.41) is 5.38. The molecule has 1 atom stereocenters. The van der Waals surface area contributed by atoms with Gasteiger partial charge >= 0.3 is 0 Å². The molecule has 1 aromatic heterocycles. The van der Waals surface area contributed by atoms with Crippen LogP contribution < -0.4 is 15.8 Å². The van der Waals surface area contributed by atoms with Crippen LogP contribution in [0.5, 0.6) is 5.75 Å². The molecule has 35 heavy (non-hydrogen) atoms. The normalized spacial score (nSPS) is 12.5. The van der Waals surface area contributed by atoms with Crippen molar-refractivity contribution in [3.8, 4) is 5.75 Å². The van der Waals surface area contributed by atoms with Crippen molar-refractivity contribution in [1.29, 1.82) is 0 Å². The average Bonchev–Trinajstić information content (AvgIpc) is 3.19. The maximum atomic E-state index is 6.33. The van der Waals surface area contributed by atoms with Crippen LogP contribution in [0.1, 0.15) is 62.3 Å². The Hall–Kier alpha value is -2.05. The Morgan fingerprint density at radius 2 is 1.77 bits per heavy atom. The number of nitrogens with two attached hydrogens (primary N) is 1. The number of aromatic amines is 1. The molecule has 0 saturated carbocycles. The van der Waals surface area contributed by atoms with E-state index in [1.54, 1.807) is 7.11 Å². The summed E-state index contributed by atoms with van der Waals surface area (Å²) >= 11 is 6.33. The van der Waals surface area contributed by atoms with E-state index < -0.39 is 0 Å². The lowest BCUT2D eigenvalue weighted by Crippen LogP contribution is -2.18. The monoisotopic (exact) mass is 499 g/mol. The minimum Gasteiger partial charge on any atom is -0.494 e. The molecule has 5 nitrogen and oxygen atoms in total. The second-order valence-corrected chi connectivity index (χ2v) is 10.1. The van der Waals surface area contributed by atoms with Gasteiger partial charge in [0, 0.05) is 41.3 Å². The summed E-state index contributed by atoms with van der Waals surface area (Å²) in [6, 6.07) is 14.7. The van der Waals surface area contributed by atoms with Crippen LogP contribution in [0.4, 0.5) is 0 Å². The fourth-order valence-electron chi connectivity index (χ4n) is 4.65. The van der Waals surface area contributed by atoms with Crippen molar-refractivity contribution in [3.05, 3.63) is 64.3 Å². The Kier molecular flexibility index (Phi) is 11.4. The van der Waals surface area contributed by atoms with Crippen molar-refractivity contribution < 1.29 is 9.47 Å². The summed E-state index contributed by atoms with van der Waals surface area (Å²) in [5.41, 5.74) is 11.0. The zero-order valence-electron chi connectivity index (χ0n) is 21.5. The Morgan fingerprint density at radius 1 is 1.00 bits per heavy atom. The molecule has 4 N–H and O–H groups in total. The lowest BCUT2D eigenvalue weighted by atomic mass is 9.85. The molecule has 6 heteroatoms. The summed E-state index contributed by atoms with van der Waals surface area (Å²) < 4.78 is 11.1. The van der Waals surface area contributed by atoms with E-state index in [4.69, 9.17) is 26.8 Å². The third kappa shape index (κ3) is 8.25. The van der Waals surface area contributed by atoms with Gasteiger partial charge in [-0.15, -0.1) is 0 Å². The molecule has 0 aliphatic rings. The number of halogens is 1. The zero-order chi connectivity index (χ0) is 25.0. The summed E-state index contributed by atoms with van der Waals surface area (Å²) in [6.45, 7) is 8.73. The van der Waals surface area contributed by atoms with Crippen LogP contribution in [0, 0.1) is 5.92 Å².